The first-order chi connectivity index (χ1) is 12.5. The van der Waals surface area contributed by atoms with Gasteiger partial charge in [-0.25, -0.2) is 0 Å². The molecule has 0 aromatic heterocycles. The molecule has 0 saturated carbocycles. The molecule has 26 heavy (non-hydrogen) atoms. The van der Waals surface area contributed by atoms with Gasteiger partial charge < -0.3 is 20.1 Å². The van der Waals surface area contributed by atoms with Gasteiger partial charge in [0.25, 0.3) is 5.91 Å². The van der Waals surface area contributed by atoms with E-state index < -0.39 is 5.91 Å². The van der Waals surface area contributed by atoms with Crippen molar-refractivity contribution >= 4 is 28.9 Å². The molecule has 7 heteroatoms. The summed E-state index contributed by atoms with van der Waals surface area (Å²) in [6, 6.07) is 12.2. The quantitative estimate of drug-likeness (QED) is 0.589. The summed E-state index contributed by atoms with van der Waals surface area (Å²) >= 11 is 6.06. The molecule has 0 heterocycles. The van der Waals surface area contributed by atoms with Gasteiger partial charge in [0.2, 0.25) is 0 Å². The van der Waals surface area contributed by atoms with Crippen molar-refractivity contribution in [1.29, 1.82) is 5.26 Å². The highest BCUT2D eigenvalue weighted by molar-refractivity contribution is 6.31. The molecular formula is C19H18ClN3O3. The maximum atomic E-state index is 12.3. The second-order valence-corrected chi connectivity index (χ2v) is 5.66. The van der Waals surface area contributed by atoms with E-state index in [2.05, 4.69) is 10.6 Å². The summed E-state index contributed by atoms with van der Waals surface area (Å²) in [7, 11) is 3.03. The van der Waals surface area contributed by atoms with Crippen molar-refractivity contribution in [2.75, 3.05) is 24.9 Å². The maximum Gasteiger partial charge on any atom is 0.267 e. The molecule has 0 aliphatic heterocycles. The van der Waals surface area contributed by atoms with E-state index in [1.165, 1.54) is 20.4 Å². The molecule has 0 atom stereocenters. The van der Waals surface area contributed by atoms with E-state index in [1.54, 1.807) is 36.4 Å². The van der Waals surface area contributed by atoms with Crippen LogP contribution < -0.4 is 20.1 Å². The minimum Gasteiger partial charge on any atom is -0.493 e. The summed E-state index contributed by atoms with van der Waals surface area (Å²) in [6.45, 7) is 1.84. The SMILES string of the molecule is COc1ccc(NC(=O)/C(C#N)=C\Nc2cccc(Cl)c2C)cc1OC. The molecule has 0 fully saturated rings. The Morgan fingerprint density at radius 2 is 1.92 bits per heavy atom. The van der Waals surface area contributed by atoms with Crippen molar-refractivity contribution < 1.29 is 14.3 Å². The molecule has 2 aromatic rings. The van der Waals surface area contributed by atoms with Gasteiger partial charge >= 0.3 is 0 Å². The van der Waals surface area contributed by atoms with Gasteiger partial charge in [-0.05, 0) is 36.8 Å². The first-order valence-electron chi connectivity index (χ1n) is 7.65. The lowest BCUT2D eigenvalue weighted by Crippen LogP contribution is -2.14. The average Bonchev–Trinajstić information content (AvgIpc) is 2.65. The molecular weight excluding hydrogens is 354 g/mol. The number of anilines is 2. The predicted octanol–water partition coefficient (Wildman–Crippen LogP) is 4.12. The van der Waals surface area contributed by atoms with Crippen LogP contribution in [0.1, 0.15) is 5.56 Å². The van der Waals surface area contributed by atoms with Crippen LogP contribution in [-0.4, -0.2) is 20.1 Å². The molecule has 0 saturated heterocycles. The summed E-state index contributed by atoms with van der Waals surface area (Å²) in [5.41, 5.74) is 1.93. The topological polar surface area (TPSA) is 83.4 Å². The first-order valence-corrected chi connectivity index (χ1v) is 8.03. The van der Waals surface area contributed by atoms with Gasteiger partial charge in [-0.1, -0.05) is 17.7 Å². The number of ether oxygens (including phenoxy) is 2. The van der Waals surface area contributed by atoms with Gasteiger partial charge in [0.05, 0.1) is 14.2 Å². The molecule has 0 spiro atoms. The average molecular weight is 372 g/mol. The Bertz CT molecular complexity index is 888. The number of carbonyl (C=O) groups excluding carboxylic acids is 1. The number of halogens is 1. The molecule has 0 radical (unpaired) electrons. The molecule has 0 aliphatic carbocycles. The van der Waals surface area contributed by atoms with E-state index in [4.69, 9.17) is 21.1 Å². The van der Waals surface area contributed by atoms with Crippen LogP contribution in [0, 0.1) is 18.3 Å². The normalized spacial score (nSPS) is 10.7. The number of nitrogens with one attached hydrogen (secondary N) is 2. The smallest absolute Gasteiger partial charge is 0.267 e. The first kappa shape index (κ1) is 19.2. The van der Waals surface area contributed by atoms with Crippen molar-refractivity contribution in [2.45, 2.75) is 6.92 Å². The van der Waals surface area contributed by atoms with Crippen LogP contribution >= 0.6 is 11.6 Å². The minimum atomic E-state index is -0.549. The second kappa shape index (κ2) is 8.79. The fourth-order valence-electron chi connectivity index (χ4n) is 2.17. The molecule has 6 nitrogen and oxygen atoms in total. The molecule has 2 aromatic carbocycles. The Hall–Kier alpha value is -3.17. The number of nitrogens with zero attached hydrogens (tertiary/aromatic N) is 1. The highest BCUT2D eigenvalue weighted by Crippen LogP contribution is 2.30. The van der Waals surface area contributed by atoms with Gasteiger partial charge in [-0.2, -0.15) is 5.26 Å². The molecule has 0 unspecified atom stereocenters. The summed E-state index contributed by atoms with van der Waals surface area (Å²) in [4.78, 5) is 12.3. The van der Waals surface area contributed by atoms with E-state index in [-0.39, 0.29) is 5.57 Å². The van der Waals surface area contributed by atoms with Crippen molar-refractivity contribution in [2.24, 2.45) is 0 Å². The van der Waals surface area contributed by atoms with Crippen molar-refractivity contribution in [3.63, 3.8) is 0 Å². The third-order valence-electron chi connectivity index (χ3n) is 3.65. The summed E-state index contributed by atoms with van der Waals surface area (Å²) in [5, 5.41) is 15.5. The monoisotopic (exact) mass is 371 g/mol. The molecule has 1 amide bonds. The zero-order chi connectivity index (χ0) is 19.1. The fourth-order valence-corrected chi connectivity index (χ4v) is 2.35. The fraction of sp³-hybridized carbons (Fsp3) is 0.158. The summed E-state index contributed by atoms with van der Waals surface area (Å²) in [6.07, 6.45) is 1.34. The van der Waals surface area contributed by atoms with E-state index in [9.17, 15) is 10.1 Å². The zero-order valence-corrected chi connectivity index (χ0v) is 15.3. The number of methoxy groups -OCH3 is 2. The van der Waals surface area contributed by atoms with E-state index in [1.807, 2.05) is 13.0 Å². The Morgan fingerprint density at radius 3 is 2.58 bits per heavy atom. The van der Waals surface area contributed by atoms with Crippen molar-refractivity contribution in [3.05, 3.63) is 58.8 Å². The summed E-state index contributed by atoms with van der Waals surface area (Å²) in [5.74, 6) is 0.465. The van der Waals surface area contributed by atoms with Gasteiger partial charge in [0.1, 0.15) is 11.6 Å². The highest BCUT2D eigenvalue weighted by atomic mass is 35.5. The van der Waals surface area contributed by atoms with Gasteiger partial charge in [0, 0.05) is 28.7 Å². The molecule has 2 N–H and O–H groups in total. The zero-order valence-electron chi connectivity index (χ0n) is 14.6. The van der Waals surface area contributed by atoms with Crippen LogP contribution in [0.3, 0.4) is 0 Å². The van der Waals surface area contributed by atoms with Crippen LogP contribution in [0.2, 0.25) is 5.02 Å². The van der Waals surface area contributed by atoms with Gasteiger partial charge in [-0.3, -0.25) is 4.79 Å². The largest absolute Gasteiger partial charge is 0.493 e. The Morgan fingerprint density at radius 1 is 1.19 bits per heavy atom. The predicted molar refractivity (Wildman–Crippen MR) is 102 cm³/mol. The number of amides is 1. The van der Waals surface area contributed by atoms with Gasteiger partial charge in [-0.15, -0.1) is 0 Å². The lowest BCUT2D eigenvalue weighted by Gasteiger charge is -2.11. The van der Waals surface area contributed by atoms with Crippen molar-refractivity contribution in [1.82, 2.24) is 0 Å². The lowest BCUT2D eigenvalue weighted by atomic mass is 10.2. The van der Waals surface area contributed by atoms with Gasteiger partial charge in [0.15, 0.2) is 11.5 Å². The molecule has 2 rings (SSSR count). The molecule has 0 aliphatic rings. The van der Waals surface area contributed by atoms with E-state index in [0.29, 0.717) is 27.9 Å². The minimum absolute atomic E-state index is 0.0841. The van der Waals surface area contributed by atoms with E-state index in [0.717, 1.165) is 5.56 Å². The molecule has 0 bridgehead atoms. The lowest BCUT2D eigenvalue weighted by molar-refractivity contribution is -0.112. The summed E-state index contributed by atoms with van der Waals surface area (Å²) < 4.78 is 10.3. The van der Waals surface area contributed by atoms with Crippen molar-refractivity contribution in [3.8, 4) is 17.6 Å². The van der Waals surface area contributed by atoms with Crippen LogP contribution in [0.4, 0.5) is 11.4 Å². The number of carbonyl (C=O) groups is 1. The third kappa shape index (κ3) is 4.47. The third-order valence-corrected chi connectivity index (χ3v) is 4.06. The maximum absolute atomic E-state index is 12.3. The number of hydrogen-bond donors (Lipinski definition) is 2. The number of benzene rings is 2. The Balaban J connectivity index is 2.16. The van der Waals surface area contributed by atoms with Crippen LogP contribution in [0.25, 0.3) is 0 Å². The van der Waals surface area contributed by atoms with Crippen LogP contribution in [0.5, 0.6) is 11.5 Å². The highest BCUT2D eigenvalue weighted by Gasteiger charge is 2.12. The number of nitriles is 1. The number of hydrogen-bond acceptors (Lipinski definition) is 5. The molecule has 134 valence electrons. The Labute approximate surface area is 157 Å². The van der Waals surface area contributed by atoms with Crippen LogP contribution in [0.15, 0.2) is 48.2 Å². The Kier molecular flexibility index (Phi) is 6.48. The standard InChI is InChI=1S/C19H18ClN3O3/c1-12-15(20)5-4-6-16(12)22-11-13(10-21)19(24)23-14-7-8-17(25-2)18(9-14)26-3/h4-9,11,22H,1-3H3,(H,23,24)/b13-11-. The second-order valence-electron chi connectivity index (χ2n) is 5.25. The van der Waals surface area contributed by atoms with E-state index >= 15 is 0 Å². The van der Waals surface area contributed by atoms with Crippen LogP contribution in [-0.2, 0) is 4.79 Å². The number of rotatable bonds is 6.